The number of pyridine rings is 1. The molecule has 0 unspecified atom stereocenters. The smallest absolute Gasteiger partial charge is 0.393 e. The number of aliphatic hydroxyl groups excluding tert-OH is 1. The van der Waals surface area contributed by atoms with Gasteiger partial charge in [0.05, 0.1) is 17.9 Å². The van der Waals surface area contributed by atoms with Gasteiger partial charge in [0.1, 0.15) is 17.5 Å². The molecule has 1 aliphatic rings. The second kappa shape index (κ2) is 8.44. The van der Waals surface area contributed by atoms with Gasteiger partial charge in [-0.15, -0.1) is 0 Å². The maximum Gasteiger partial charge on any atom is 0.416 e. The maximum atomic E-state index is 13.1. The molecule has 2 aromatic heterocycles. The third-order valence-electron chi connectivity index (χ3n) is 5.36. The first-order valence-electron chi connectivity index (χ1n) is 9.56. The van der Waals surface area contributed by atoms with Gasteiger partial charge in [-0.25, -0.2) is 4.98 Å². The van der Waals surface area contributed by atoms with Crippen LogP contribution in [-0.2, 0) is 12.7 Å². The molecule has 1 saturated carbocycles. The molecule has 30 heavy (non-hydrogen) atoms. The number of aliphatic hydroxyl groups is 1. The normalized spacial score (nSPS) is 21.0. The highest BCUT2D eigenvalue weighted by molar-refractivity contribution is 5.54. The summed E-state index contributed by atoms with van der Waals surface area (Å²) in [5.41, 5.74) is -0.845. The number of nitrogens with zero attached hydrogens (tertiary/aromatic N) is 4. The van der Waals surface area contributed by atoms with E-state index < -0.39 is 17.8 Å². The van der Waals surface area contributed by atoms with Gasteiger partial charge in [0.25, 0.3) is 0 Å². The predicted octanol–water partition coefficient (Wildman–Crippen LogP) is 3.73. The van der Waals surface area contributed by atoms with Crippen LogP contribution in [0.1, 0.15) is 49.8 Å². The lowest BCUT2D eigenvalue weighted by atomic mass is 9.73. The Morgan fingerprint density at radius 3 is 2.73 bits per heavy atom. The molecule has 0 spiro atoms. The summed E-state index contributed by atoms with van der Waals surface area (Å²) in [6.07, 6.45) is 0.720. The largest absolute Gasteiger partial charge is 0.416 e. The van der Waals surface area contributed by atoms with E-state index in [2.05, 4.69) is 25.6 Å². The molecule has 2 aromatic rings. The first kappa shape index (κ1) is 21.8. The van der Waals surface area contributed by atoms with Gasteiger partial charge in [-0.2, -0.15) is 23.4 Å². The molecular weight excluding hydrogens is 397 g/mol. The molecule has 0 radical (unpaired) electrons. The topological polar surface area (TPSA) is 107 Å². The van der Waals surface area contributed by atoms with Crippen molar-refractivity contribution in [1.29, 1.82) is 5.26 Å². The van der Waals surface area contributed by atoms with Crippen LogP contribution < -0.4 is 10.6 Å². The van der Waals surface area contributed by atoms with Crippen LogP contribution in [0.5, 0.6) is 0 Å². The van der Waals surface area contributed by atoms with Gasteiger partial charge >= 0.3 is 6.18 Å². The molecule has 2 atom stereocenters. The molecule has 7 nitrogen and oxygen atoms in total. The molecule has 1 aliphatic carbocycles. The Kier molecular flexibility index (Phi) is 6.12. The van der Waals surface area contributed by atoms with Gasteiger partial charge in [0.15, 0.2) is 0 Å². The number of nitrogens with one attached hydrogen (secondary N) is 2. The Balaban J connectivity index is 1.75. The standard InChI is InChI=1S/C20H23F3N6O/c1-19(2)7-14(3-4-16(19)30)28-17-12(8-24)10-26-18(29-17)27-11-13-9-25-6-5-15(13)20(21,22)23/h5-6,9-10,14,16,30H,3-4,7,11H2,1-2H3,(H2,26,27,28,29)/t14-,16+/m1/s1. The Hall–Kier alpha value is -2.93. The minimum absolute atomic E-state index is 0.00778. The summed E-state index contributed by atoms with van der Waals surface area (Å²) in [5.74, 6) is 0.415. The van der Waals surface area contributed by atoms with Crippen molar-refractivity contribution >= 4 is 11.8 Å². The van der Waals surface area contributed by atoms with Crippen molar-refractivity contribution < 1.29 is 18.3 Å². The van der Waals surface area contributed by atoms with E-state index in [0.29, 0.717) is 25.1 Å². The highest BCUT2D eigenvalue weighted by atomic mass is 19.4. The molecule has 10 heteroatoms. The lowest BCUT2D eigenvalue weighted by molar-refractivity contribution is -0.138. The zero-order valence-electron chi connectivity index (χ0n) is 16.7. The summed E-state index contributed by atoms with van der Waals surface area (Å²) in [7, 11) is 0. The van der Waals surface area contributed by atoms with E-state index in [1.807, 2.05) is 19.9 Å². The van der Waals surface area contributed by atoms with Gasteiger partial charge in [0, 0.05) is 30.5 Å². The lowest BCUT2D eigenvalue weighted by Gasteiger charge is -2.40. The molecule has 0 saturated heterocycles. The first-order chi connectivity index (χ1) is 14.1. The van der Waals surface area contributed by atoms with Gasteiger partial charge in [-0.1, -0.05) is 13.8 Å². The molecule has 0 aromatic carbocycles. The van der Waals surface area contributed by atoms with Crippen molar-refractivity contribution in [3.63, 3.8) is 0 Å². The minimum Gasteiger partial charge on any atom is -0.393 e. The summed E-state index contributed by atoms with van der Waals surface area (Å²) < 4.78 is 39.4. The quantitative estimate of drug-likeness (QED) is 0.677. The van der Waals surface area contributed by atoms with E-state index in [0.717, 1.165) is 18.5 Å². The predicted molar refractivity (Wildman–Crippen MR) is 104 cm³/mol. The molecular formula is C20H23F3N6O. The molecule has 0 aliphatic heterocycles. The van der Waals surface area contributed by atoms with Crippen molar-refractivity contribution in [2.24, 2.45) is 5.41 Å². The van der Waals surface area contributed by atoms with Gasteiger partial charge in [-0.05, 0) is 30.7 Å². The second-order valence-corrected chi connectivity index (χ2v) is 8.08. The van der Waals surface area contributed by atoms with Crippen LogP contribution in [0.2, 0.25) is 0 Å². The summed E-state index contributed by atoms with van der Waals surface area (Å²) in [6.45, 7) is 3.79. The number of hydrogen-bond acceptors (Lipinski definition) is 7. The molecule has 0 bridgehead atoms. The van der Waals surface area contributed by atoms with Crippen LogP contribution in [0.4, 0.5) is 24.9 Å². The van der Waals surface area contributed by atoms with Crippen LogP contribution in [0.3, 0.4) is 0 Å². The summed E-state index contributed by atoms with van der Waals surface area (Å²) >= 11 is 0. The van der Waals surface area contributed by atoms with Crippen LogP contribution in [0.15, 0.2) is 24.7 Å². The molecule has 1 fully saturated rings. The number of rotatable bonds is 5. The van der Waals surface area contributed by atoms with E-state index in [-0.39, 0.29) is 35.1 Å². The first-order valence-corrected chi connectivity index (χ1v) is 9.56. The third-order valence-corrected chi connectivity index (χ3v) is 5.36. The van der Waals surface area contributed by atoms with Gasteiger partial charge in [0.2, 0.25) is 5.95 Å². The zero-order chi connectivity index (χ0) is 21.9. The lowest BCUT2D eigenvalue weighted by Crippen LogP contribution is -2.41. The van der Waals surface area contributed by atoms with Crippen LogP contribution in [0, 0.1) is 16.7 Å². The Labute approximate surface area is 172 Å². The maximum absolute atomic E-state index is 13.1. The highest BCUT2D eigenvalue weighted by Crippen LogP contribution is 2.37. The highest BCUT2D eigenvalue weighted by Gasteiger charge is 2.36. The Bertz CT molecular complexity index is 941. The van der Waals surface area contributed by atoms with E-state index in [4.69, 9.17) is 0 Å². The van der Waals surface area contributed by atoms with Gasteiger partial charge in [-0.3, -0.25) is 4.98 Å². The molecule has 0 amide bonds. The fraction of sp³-hybridized carbons (Fsp3) is 0.500. The van der Waals surface area contributed by atoms with Crippen molar-refractivity contribution in [3.05, 3.63) is 41.3 Å². The zero-order valence-corrected chi connectivity index (χ0v) is 16.7. The molecule has 3 rings (SSSR count). The van der Waals surface area contributed by atoms with Crippen molar-refractivity contribution in [3.8, 4) is 6.07 Å². The fourth-order valence-corrected chi connectivity index (χ4v) is 3.62. The van der Waals surface area contributed by atoms with E-state index >= 15 is 0 Å². The number of nitriles is 1. The van der Waals surface area contributed by atoms with Gasteiger partial charge < -0.3 is 15.7 Å². The third kappa shape index (κ3) is 4.97. The SMILES string of the molecule is CC1(C)C[C@H](Nc2nc(NCc3cnccc3C(F)(F)F)ncc2C#N)CC[C@@H]1O. The summed E-state index contributed by atoms with van der Waals surface area (Å²) in [6, 6.07) is 2.95. The van der Waals surface area contributed by atoms with E-state index in [1.54, 1.807) is 0 Å². The molecule has 2 heterocycles. The number of aromatic nitrogens is 3. The molecule has 3 N–H and O–H groups in total. The second-order valence-electron chi connectivity index (χ2n) is 8.08. The summed E-state index contributed by atoms with van der Waals surface area (Å²) in [5, 5.41) is 25.5. The van der Waals surface area contributed by atoms with Crippen LogP contribution in [-0.4, -0.2) is 32.2 Å². The summed E-state index contributed by atoms with van der Waals surface area (Å²) in [4.78, 5) is 12.1. The van der Waals surface area contributed by atoms with E-state index in [1.165, 1.54) is 6.20 Å². The Morgan fingerprint density at radius 2 is 2.07 bits per heavy atom. The minimum atomic E-state index is -4.49. The number of hydrogen-bond donors (Lipinski definition) is 3. The number of anilines is 2. The molecule has 160 valence electrons. The van der Waals surface area contributed by atoms with Crippen LogP contribution >= 0.6 is 0 Å². The Morgan fingerprint density at radius 1 is 1.30 bits per heavy atom. The average Bonchev–Trinajstić information content (AvgIpc) is 2.68. The van der Waals surface area contributed by atoms with Crippen molar-refractivity contribution in [1.82, 2.24) is 15.0 Å². The average molecular weight is 420 g/mol. The number of alkyl halides is 3. The van der Waals surface area contributed by atoms with E-state index in [9.17, 15) is 23.5 Å². The van der Waals surface area contributed by atoms with Crippen LogP contribution in [0.25, 0.3) is 0 Å². The number of halogens is 3. The van der Waals surface area contributed by atoms with Crippen molar-refractivity contribution in [2.75, 3.05) is 10.6 Å². The monoisotopic (exact) mass is 420 g/mol. The fourth-order valence-electron chi connectivity index (χ4n) is 3.62. The van der Waals surface area contributed by atoms with Crippen molar-refractivity contribution in [2.45, 2.75) is 58.0 Å².